The van der Waals surface area contributed by atoms with E-state index >= 15 is 0 Å². The fourth-order valence-electron chi connectivity index (χ4n) is 2.65. The van der Waals surface area contributed by atoms with Crippen LogP contribution in [0.25, 0.3) is 0 Å². The van der Waals surface area contributed by atoms with Crippen molar-refractivity contribution in [2.24, 2.45) is 0 Å². The number of rotatable bonds is 3. The van der Waals surface area contributed by atoms with Gasteiger partial charge >= 0.3 is 0 Å². The van der Waals surface area contributed by atoms with Crippen molar-refractivity contribution < 1.29 is 0 Å². The van der Waals surface area contributed by atoms with E-state index in [1.54, 1.807) is 6.04 Å². The molecule has 0 aromatic heterocycles. The molecule has 0 radical (unpaired) electrons. The van der Waals surface area contributed by atoms with Gasteiger partial charge in [-0.3, -0.25) is 0 Å². The Morgan fingerprint density at radius 1 is 1.25 bits per heavy atom. The standard InChI is InChI=1S/C9H22BNSi/c1-5-11(6-2)10-8-7-9-12(10,3)4/h5-9H2,1-4H3. The maximum absolute atomic E-state index is 2.68. The Morgan fingerprint density at radius 3 is 2.17 bits per heavy atom. The van der Waals surface area contributed by atoms with Crippen molar-refractivity contribution in [1.29, 1.82) is 0 Å². The molecule has 0 atom stereocenters. The van der Waals surface area contributed by atoms with Crippen LogP contribution in [0.15, 0.2) is 0 Å². The van der Waals surface area contributed by atoms with Gasteiger partial charge in [-0.25, -0.2) is 0 Å². The fourth-order valence-corrected chi connectivity index (χ4v) is 6.44. The molecule has 1 nitrogen and oxygen atoms in total. The minimum Gasteiger partial charge on any atom is -0.345 e. The highest BCUT2D eigenvalue weighted by molar-refractivity contribution is 7.32. The van der Waals surface area contributed by atoms with Crippen LogP contribution in [0.3, 0.4) is 0 Å². The van der Waals surface area contributed by atoms with Crippen LogP contribution < -0.4 is 0 Å². The van der Waals surface area contributed by atoms with Crippen molar-refractivity contribution >= 4 is 14.4 Å². The summed E-state index contributed by atoms with van der Waals surface area (Å²) in [6, 6.07) is 1.55. The molecule has 1 aliphatic heterocycles. The molecule has 1 fully saturated rings. The number of nitrogens with zero attached hydrogens (tertiary/aromatic N) is 1. The van der Waals surface area contributed by atoms with Crippen molar-refractivity contribution in [3.8, 4) is 0 Å². The number of hydrogen-bond donors (Lipinski definition) is 0. The van der Waals surface area contributed by atoms with E-state index in [1.807, 2.05) is 0 Å². The molecule has 1 aliphatic rings. The van der Waals surface area contributed by atoms with Crippen LogP contribution in [0.2, 0.25) is 25.5 Å². The van der Waals surface area contributed by atoms with Gasteiger partial charge < -0.3 is 4.81 Å². The predicted octanol–water partition coefficient (Wildman–Crippen LogP) is 2.51. The third-order valence-electron chi connectivity index (χ3n) is 3.45. The summed E-state index contributed by atoms with van der Waals surface area (Å²) in [6.07, 6.45) is 3.94. The van der Waals surface area contributed by atoms with Gasteiger partial charge in [-0.1, -0.05) is 45.7 Å². The van der Waals surface area contributed by atoms with Crippen LogP contribution in [-0.2, 0) is 0 Å². The second-order valence-electron chi connectivity index (χ2n) is 4.62. The van der Waals surface area contributed by atoms with E-state index in [0.717, 1.165) is 6.44 Å². The van der Waals surface area contributed by atoms with E-state index in [1.165, 1.54) is 25.8 Å². The summed E-state index contributed by atoms with van der Waals surface area (Å²) in [7, 11) is -0.849. The fraction of sp³-hybridized carbons (Fsp3) is 1.00. The van der Waals surface area contributed by atoms with Gasteiger partial charge in [0.15, 0.2) is 0 Å². The monoisotopic (exact) mass is 183 g/mol. The Hall–Kier alpha value is 0.242. The van der Waals surface area contributed by atoms with Gasteiger partial charge in [-0.2, -0.15) is 0 Å². The first-order chi connectivity index (χ1) is 5.61. The lowest BCUT2D eigenvalue weighted by molar-refractivity contribution is 0.486. The van der Waals surface area contributed by atoms with Crippen molar-refractivity contribution in [3.63, 3.8) is 0 Å². The molecule has 0 unspecified atom stereocenters. The molecule has 12 heavy (non-hydrogen) atoms. The zero-order valence-electron chi connectivity index (χ0n) is 9.06. The molecule has 0 N–H and O–H groups in total. The van der Waals surface area contributed by atoms with Gasteiger partial charge in [-0.15, -0.1) is 0 Å². The second kappa shape index (κ2) is 3.97. The smallest absolute Gasteiger partial charge is 0.212 e. The average Bonchev–Trinajstić information content (AvgIpc) is 2.34. The summed E-state index contributed by atoms with van der Waals surface area (Å²) in [5.74, 6) is 0. The Balaban J connectivity index is 2.60. The van der Waals surface area contributed by atoms with Crippen molar-refractivity contribution in [3.05, 3.63) is 0 Å². The molecule has 1 heterocycles. The molecule has 70 valence electrons. The topological polar surface area (TPSA) is 3.24 Å². The third-order valence-corrected chi connectivity index (χ3v) is 7.55. The third kappa shape index (κ3) is 1.94. The average molecular weight is 183 g/mol. The van der Waals surface area contributed by atoms with Crippen molar-refractivity contribution in [2.75, 3.05) is 13.1 Å². The Labute approximate surface area is 78.6 Å². The lowest BCUT2D eigenvalue weighted by Gasteiger charge is -2.32. The highest BCUT2D eigenvalue weighted by Crippen LogP contribution is 2.30. The lowest BCUT2D eigenvalue weighted by atomic mass is 9.82. The van der Waals surface area contributed by atoms with E-state index in [2.05, 4.69) is 31.8 Å². The maximum atomic E-state index is 2.68. The largest absolute Gasteiger partial charge is 0.345 e. The molecule has 0 aromatic carbocycles. The molecule has 0 amide bonds. The maximum Gasteiger partial charge on any atom is 0.212 e. The minimum absolute atomic E-state index is 0.849. The Bertz CT molecular complexity index is 145. The van der Waals surface area contributed by atoms with Crippen molar-refractivity contribution in [2.45, 2.75) is 45.7 Å². The van der Waals surface area contributed by atoms with Crippen molar-refractivity contribution in [1.82, 2.24) is 4.81 Å². The molecule has 0 saturated carbocycles. The summed E-state index contributed by atoms with van der Waals surface area (Å²) in [4.78, 5) is 2.68. The number of hydrogen-bond acceptors (Lipinski definition) is 1. The van der Waals surface area contributed by atoms with Gasteiger partial charge in [0.05, 0.1) is 0 Å². The zero-order valence-corrected chi connectivity index (χ0v) is 10.1. The van der Waals surface area contributed by atoms with Crippen LogP contribution >= 0.6 is 0 Å². The van der Waals surface area contributed by atoms with E-state index in [0.29, 0.717) is 0 Å². The van der Waals surface area contributed by atoms with E-state index < -0.39 is 7.94 Å². The minimum atomic E-state index is -0.849. The quantitative estimate of drug-likeness (QED) is 0.607. The van der Waals surface area contributed by atoms with Crippen LogP contribution in [0.4, 0.5) is 0 Å². The Morgan fingerprint density at radius 2 is 1.83 bits per heavy atom. The molecular formula is C9H22BNSi. The SMILES string of the molecule is CCN(CC)B1CCC[Si]1(C)C. The normalized spacial score (nSPS) is 22.2. The van der Waals surface area contributed by atoms with Gasteiger partial charge in [0.25, 0.3) is 0 Å². The zero-order chi connectivity index (χ0) is 9.19. The molecule has 0 spiro atoms. The van der Waals surface area contributed by atoms with Gasteiger partial charge in [0.1, 0.15) is 0 Å². The summed E-state index contributed by atoms with van der Waals surface area (Å²) >= 11 is 0. The molecule has 3 heteroatoms. The van der Waals surface area contributed by atoms with Crippen LogP contribution in [0, 0.1) is 0 Å². The van der Waals surface area contributed by atoms with Crippen LogP contribution in [0.5, 0.6) is 0 Å². The van der Waals surface area contributed by atoms with E-state index in [9.17, 15) is 0 Å². The van der Waals surface area contributed by atoms with E-state index in [4.69, 9.17) is 0 Å². The van der Waals surface area contributed by atoms with Gasteiger partial charge in [0, 0.05) is 7.94 Å². The van der Waals surface area contributed by atoms with Gasteiger partial charge in [0.2, 0.25) is 6.44 Å². The molecule has 0 bridgehead atoms. The van der Waals surface area contributed by atoms with Crippen LogP contribution in [0.1, 0.15) is 20.3 Å². The van der Waals surface area contributed by atoms with Crippen LogP contribution in [-0.4, -0.2) is 32.3 Å². The first-order valence-electron chi connectivity index (χ1n) is 5.36. The summed E-state index contributed by atoms with van der Waals surface area (Å²) in [5.41, 5.74) is 0. The molecule has 1 rings (SSSR count). The second-order valence-corrected chi connectivity index (χ2v) is 9.76. The first kappa shape index (κ1) is 10.3. The Kier molecular flexibility index (Phi) is 3.41. The first-order valence-corrected chi connectivity index (χ1v) is 8.64. The predicted molar refractivity (Wildman–Crippen MR) is 60.4 cm³/mol. The summed E-state index contributed by atoms with van der Waals surface area (Å²) in [6.45, 7) is 12.2. The highest BCUT2D eigenvalue weighted by atomic mass is 28.3. The molecule has 0 aliphatic carbocycles. The van der Waals surface area contributed by atoms with Gasteiger partial charge in [-0.05, 0) is 13.1 Å². The molecular weight excluding hydrogens is 161 g/mol. The summed E-state index contributed by atoms with van der Waals surface area (Å²) in [5, 5.41) is 0. The highest BCUT2D eigenvalue weighted by Gasteiger charge is 2.42. The lowest BCUT2D eigenvalue weighted by Crippen LogP contribution is -2.53. The summed E-state index contributed by atoms with van der Waals surface area (Å²) < 4.78 is 0. The molecule has 0 aromatic rings. The van der Waals surface area contributed by atoms with E-state index in [-0.39, 0.29) is 0 Å². The molecule has 1 saturated heterocycles.